The lowest BCUT2D eigenvalue weighted by molar-refractivity contribution is -0.0387. The van der Waals surface area contributed by atoms with Gasteiger partial charge in [-0.15, -0.1) is 0 Å². The van der Waals surface area contributed by atoms with Crippen molar-refractivity contribution in [1.82, 2.24) is 0 Å². The lowest BCUT2D eigenvalue weighted by atomic mass is 9.66. The van der Waals surface area contributed by atoms with Gasteiger partial charge in [-0.1, -0.05) is 6.42 Å². The smallest absolute Gasteiger partial charge is 0.135 e. The average Bonchev–Trinajstić information content (AvgIpc) is 2.55. The van der Waals surface area contributed by atoms with Crippen LogP contribution >= 0.6 is 0 Å². The molecule has 0 aromatic rings. The van der Waals surface area contributed by atoms with Crippen molar-refractivity contribution in [3.63, 3.8) is 0 Å². The molecular formula is C19H32F4O. The normalized spacial score (nSPS) is 40.2. The largest absolute Gasteiger partial charge is 0.393 e. The van der Waals surface area contributed by atoms with Crippen molar-refractivity contribution >= 4 is 0 Å². The first-order valence-electron chi connectivity index (χ1n) is 9.60. The second-order valence-electron chi connectivity index (χ2n) is 7.99. The van der Waals surface area contributed by atoms with Gasteiger partial charge in [-0.3, -0.25) is 4.39 Å². The summed E-state index contributed by atoms with van der Waals surface area (Å²) < 4.78 is 55.6. The van der Waals surface area contributed by atoms with Gasteiger partial charge >= 0.3 is 0 Å². The van der Waals surface area contributed by atoms with Crippen molar-refractivity contribution in [2.45, 2.75) is 89.3 Å². The maximum atomic E-state index is 14.7. The van der Waals surface area contributed by atoms with Crippen LogP contribution in [-0.2, 0) is 0 Å². The van der Waals surface area contributed by atoms with E-state index >= 15 is 0 Å². The number of aliphatic hydroxyl groups is 1. The number of hydrogen-bond donors (Lipinski definition) is 1. The molecule has 0 radical (unpaired) electrons. The molecule has 0 heterocycles. The lowest BCUT2D eigenvalue weighted by Crippen LogP contribution is -2.45. The SMILES string of the molecule is CC(F)CCCC(CF)C1CCC(C2CCC(O)CC2)C(F)C1F. The molecule has 0 saturated heterocycles. The van der Waals surface area contributed by atoms with E-state index in [2.05, 4.69) is 0 Å². The molecule has 2 aliphatic carbocycles. The fourth-order valence-electron chi connectivity index (χ4n) is 4.76. The molecule has 2 fully saturated rings. The zero-order valence-corrected chi connectivity index (χ0v) is 14.6. The van der Waals surface area contributed by atoms with E-state index in [0.717, 1.165) is 12.8 Å². The predicted molar refractivity (Wildman–Crippen MR) is 87.9 cm³/mol. The highest BCUT2D eigenvalue weighted by Crippen LogP contribution is 2.45. The van der Waals surface area contributed by atoms with Crippen LogP contribution in [0.1, 0.15) is 64.7 Å². The van der Waals surface area contributed by atoms with E-state index in [-0.39, 0.29) is 17.9 Å². The highest BCUT2D eigenvalue weighted by atomic mass is 19.2. The number of halogens is 4. The fourth-order valence-corrected chi connectivity index (χ4v) is 4.76. The van der Waals surface area contributed by atoms with Gasteiger partial charge in [0.25, 0.3) is 0 Å². The van der Waals surface area contributed by atoms with Crippen molar-refractivity contribution < 1.29 is 22.7 Å². The van der Waals surface area contributed by atoms with E-state index in [0.29, 0.717) is 44.9 Å². The van der Waals surface area contributed by atoms with Crippen LogP contribution in [0.25, 0.3) is 0 Å². The Morgan fingerprint density at radius 2 is 1.62 bits per heavy atom. The number of hydrogen-bond acceptors (Lipinski definition) is 1. The standard InChI is InChI=1S/C19H32F4O/c1-12(21)3-2-4-14(11-20)17-10-9-16(18(22)19(17)23)13-5-7-15(24)8-6-13/h12-19,24H,2-11H2,1H3. The highest BCUT2D eigenvalue weighted by molar-refractivity contribution is 4.94. The Morgan fingerprint density at radius 1 is 0.958 bits per heavy atom. The van der Waals surface area contributed by atoms with Gasteiger partial charge in [0.05, 0.1) is 19.0 Å². The quantitative estimate of drug-likeness (QED) is 0.612. The molecule has 6 atom stereocenters. The third kappa shape index (κ3) is 5.09. The van der Waals surface area contributed by atoms with E-state index in [1.807, 2.05) is 0 Å². The Morgan fingerprint density at radius 3 is 2.21 bits per heavy atom. The van der Waals surface area contributed by atoms with Crippen molar-refractivity contribution in [3.8, 4) is 0 Å². The minimum atomic E-state index is -1.61. The van der Waals surface area contributed by atoms with Crippen LogP contribution in [0.5, 0.6) is 0 Å². The van der Waals surface area contributed by atoms with Crippen molar-refractivity contribution in [1.29, 1.82) is 0 Å². The summed E-state index contributed by atoms with van der Waals surface area (Å²) in [5.41, 5.74) is 0. The second kappa shape index (κ2) is 9.40. The topological polar surface area (TPSA) is 20.2 Å². The molecule has 2 rings (SSSR count). The number of rotatable bonds is 7. The van der Waals surface area contributed by atoms with Crippen LogP contribution in [0.15, 0.2) is 0 Å². The summed E-state index contributed by atoms with van der Waals surface area (Å²) in [5.74, 6) is -1.23. The van der Waals surface area contributed by atoms with Crippen LogP contribution in [0.2, 0.25) is 0 Å². The molecule has 0 bridgehead atoms. The predicted octanol–water partition coefficient (Wildman–Crippen LogP) is 5.35. The molecule has 6 unspecified atom stereocenters. The minimum absolute atomic E-state index is 0.138. The van der Waals surface area contributed by atoms with Crippen LogP contribution < -0.4 is 0 Å². The molecule has 0 spiro atoms. The molecule has 0 amide bonds. The van der Waals surface area contributed by atoms with E-state index in [4.69, 9.17) is 0 Å². The number of aliphatic hydroxyl groups excluding tert-OH is 1. The van der Waals surface area contributed by atoms with Gasteiger partial charge in [-0.25, -0.2) is 13.2 Å². The Labute approximate surface area is 143 Å². The molecule has 142 valence electrons. The second-order valence-corrected chi connectivity index (χ2v) is 7.99. The Balaban J connectivity index is 1.89. The van der Waals surface area contributed by atoms with Gasteiger partial charge in [-0.2, -0.15) is 0 Å². The van der Waals surface area contributed by atoms with Crippen LogP contribution in [0.3, 0.4) is 0 Å². The van der Waals surface area contributed by atoms with Gasteiger partial charge in [0.1, 0.15) is 12.3 Å². The Hall–Kier alpha value is -0.320. The summed E-state index contributed by atoms with van der Waals surface area (Å²) in [6, 6.07) is 0. The third-order valence-electron chi connectivity index (χ3n) is 6.28. The van der Waals surface area contributed by atoms with Crippen molar-refractivity contribution in [2.24, 2.45) is 23.7 Å². The minimum Gasteiger partial charge on any atom is -0.393 e. The molecule has 2 saturated carbocycles. The molecule has 1 nitrogen and oxygen atoms in total. The molecule has 5 heteroatoms. The van der Waals surface area contributed by atoms with Gasteiger partial charge < -0.3 is 5.11 Å². The monoisotopic (exact) mass is 352 g/mol. The third-order valence-corrected chi connectivity index (χ3v) is 6.28. The number of alkyl halides is 4. The Kier molecular flexibility index (Phi) is 7.83. The van der Waals surface area contributed by atoms with E-state index < -0.39 is 37.0 Å². The van der Waals surface area contributed by atoms with Gasteiger partial charge in [0.2, 0.25) is 0 Å². The van der Waals surface area contributed by atoms with Gasteiger partial charge in [-0.05, 0) is 82.0 Å². The highest BCUT2D eigenvalue weighted by Gasteiger charge is 2.46. The van der Waals surface area contributed by atoms with Crippen molar-refractivity contribution in [2.75, 3.05) is 6.67 Å². The maximum Gasteiger partial charge on any atom is 0.135 e. The first kappa shape index (κ1) is 20.0. The first-order valence-corrected chi connectivity index (χ1v) is 9.60. The summed E-state index contributed by atoms with van der Waals surface area (Å²) in [7, 11) is 0. The van der Waals surface area contributed by atoms with Crippen LogP contribution in [0, 0.1) is 23.7 Å². The maximum absolute atomic E-state index is 14.7. The van der Waals surface area contributed by atoms with Gasteiger partial charge in [0, 0.05) is 0 Å². The summed E-state index contributed by atoms with van der Waals surface area (Å²) in [6.45, 7) is 0.811. The molecule has 24 heavy (non-hydrogen) atoms. The lowest BCUT2D eigenvalue weighted by Gasteiger charge is -2.42. The summed E-state index contributed by atoms with van der Waals surface area (Å²) in [4.78, 5) is 0. The molecule has 0 aliphatic heterocycles. The van der Waals surface area contributed by atoms with E-state index in [1.54, 1.807) is 0 Å². The zero-order chi connectivity index (χ0) is 17.7. The fraction of sp³-hybridized carbons (Fsp3) is 1.00. The molecular weight excluding hydrogens is 320 g/mol. The molecule has 0 aromatic carbocycles. The first-order chi connectivity index (χ1) is 11.4. The summed E-state index contributed by atoms with van der Waals surface area (Å²) >= 11 is 0. The molecule has 2 aliphatic rings. The zero-order valence-electron chi connectivity index (χ0n) is 14.6. The Bertz CT molecular complexity index is 357. The van der Waals surface area contributed by atoms with Crippen LogP contribution in [0.4, 0.5) is 17.6 Å². The summed E-state index contributed by atoms with van der Waals surface area (Å²) in [6.07, 6.45) is 0.904. The van der Waals surface area contributed by atoms with Gasteiger partial charge in [0.15, 0.2) is 0 Å². The van der Waals surface area contributed by atoms with Crippen LogP contribution in [-0.4, -0.2) is 36.4 Å². The van der Waals surface area contributed by atoms with Crippen molar-refractivity contribution in [3.05, 3.63) is 0 Å². The molecule has 0 aromatic heterocycles. The average molecular weight is 352 g/mol. The summed E-state index contributed by atoms with van der Waals surface area (Å²) in [5, 5.41) is 9.58. The molecule has 1 N–H and O–H groups in total. The van der Waals surface area contributed by atoms with E-state index in [9.17, 15) is 22.7 Å². The van der Waals surface area contributed by atoms with E-state index in [1.165, 1.54) is 6.92 Å².